The van der Waals surface area contributed by atoms with Gasteiger partial charge in [0, 0.05) is 42.5 Å². The maximum atomic E-state index is 17.0. The second-order valence-electron chi connectivity index (χ2n) is 14.6. The molecular weight excluding hydrogens is 591 g/mol. The summed E-state index contributed by atoms with van der Waals surface area (Å²) in [5.74, 6) is -1.24. The Morgan fingerprint density at radius 2 is 1.85 bits per heavy atom. The highest BCUT2D eigenvalue weighted by atomic mass is 19.1. The molecule has 242 valence electrons. The molecule has 8 rings (SSSR count). The molecule has 4 aromatic rings. The number of nitrogens with zero attached hydrogens (tertiary/aromatic N) is 4. The number of hydrogen-bond donors (Lipinski definition) is 2. The maximum Gasteiger partial charge on any atom is 0.319 e. The molecule has 4 atom stereocenters. The third-order valence-corrected chi connectivity index (χ3v) is 11.0. The molecule has 3 aromatic carbocycles. The highest BCUT2D eigenvalue weighted by molar-refractivity contribution is 6.03. The summed E-state index contributed by atoms with van der Waals surface area (Å²) >= 11 is 0. The molecule has 4 unspecified atom stereocenters. The Labute approximate surface area is 266 Å². The average molecular weight is 632 g/mol. The van der Waals surface area contributed by atoms with Crippen LogP contribution in [-0.2, 0) is 6.42 Å². The van der Waals surface area contributed by atoms with Crippen LogP contribution in [-0.4, -0.2) is 75.5 Å². The van der Waals surface area contributed by atoms with Crippen molar-refractivity contribution in [2.45, 2.75) is 82.1 Å². The van der Waals surface area contributed by atoms with Gasteiger partial charge in [-0.3, -0.25) is 4.90 Å². The SMILES string of the molecule is CCc1cccc2cc(O)cc(-c3c(F)cc4c(N5CC6(C)CCC(C)(C5)N6)nc(OCC56CCCN5CC(F)C6)nc4c3F)c12. The van der Waals surface area contributed by atoms with Gasteiger partial charge < -0.3 is 20.1 Å². The van der Waals surface area contributed by atoms with E-state index in [4.69, 9.17) is 9.72 Å². The van der Waals surface area contributed by atoms with Crippen LogP contribution in [0.2, 0.25) is 0 Å². The number of alkyl halides is 1. The quantitative estimate of drug-likeness (QED) is 0.246. The number of phenols is 1. The molecule has 0 aliphatic carbocycles. The van der Waals surface area contributed by atoms with E-state index in [2.05, 4.69) is 33.9 Å². The number of benzene rings is 3. The minimum absolute atomic E-state index is 0.00121. The lowest BCUT2D eigenvalue weighted by Crippen LogP contribution is -2.63. The molecule has 7 nitrogen and oxygen atoms in total. The predicted octanol–water partition coefficient (Wildman–Crippen LogP) is 6.67. The summed E-state index contributed by atoms with van der Waals surface area (Å²) in [6.07, 6.45) is 3.86. The molecule has 0 saturated carbocycles. The van der Waals surface area contributed by atoms with Crippen molar-refractivity contribution >= 4 is 27.5 Å². The van der Waals surface area contributed by atoms with Gasteiger partial charge in [-0.05, 0) is 92.6 Å². The number of aryl methyl sites for hydroxylation is 1. The van der Waals surface area contributed by atoms with Gasteiger partial charge in [0.25, 0.3) is 0 Å². The maximum absolute atomic E-state index is 17.0. The van der Waals surface area contributed by atoms with Crippen LogP contribution in [0.1, 0.15) is 58.4 Å². The summed E-state index contributed by atoms with van der Waals surface area (Å²) in [4.78, 5) is 13.7. The van der Waals surface area contributed by atoms with E-state index < -0.39 is 23.3 Å². The third kappa shape index (κ3) is 4.70. The Balaban J connectivity index is 1.30. The first-order valence-electron chi connectivity index (χ1n) is 16.5. The van der Waals surface area contributed by atoms with E-state index in [1.54, 1.807) is 6.07 Å². The predicted molar refractivity (Wildman–Crippen MR) is 173 cm³/mol. The Kier molecular flexibility index (Phi) is 6.75. The molecule has 5 heterocycles. The number of phenolic OH excluding ortho intramolecular Hbond substituents is 1. The number of anilines is 1. The molecule has 1 aromatic heterocycles. The number of rotatable bonds is 6. The van der Waals surface area contributed by atoms with E-state index >= 15 is 8.78 Å². The van der Waals surface area contributed by atoms with E-state index in [1.165, 1.54) is 12.1 Å². The van der Waals surface area contributed by atoms with Gasteiger partial charge >= 0.3 is 6.01 Å². The van der Waals surface area contributed by atoms with Crippen LogP contribution in [0.3, 0.4) is 0 Å². The van der Waals surface area contributed by atoms with Crippen LogP contribution in [0, 0.1) is 11.6 Å². The minimum Gasteiger partial charge on any atom is -0.508 e. The van der Waals surface area contributed by atoms with Crippen molar-refractivity contribution in [3.63, 3.8) is 0 Å². The van der Waals surface area contributed by atoms with Gasteiger partial charge in [-0.15, -0.1) is 0 Å². The Morgan fingerprint density at radius 1 is 1.07 bits per heavy atom. The molecule has 46 heavy (non-hydrogen) atoms. The number of fused-ring (bicyclic) bond motifs is 5. The van der Waals surface area contributed by atoms with Crippen LogP contribution in [0.15, 0.2) is 36.4 Å². The lowest BCUT2D eigenvalue weighted by atomic mass is 9.92. The first kappa shape index (κ1) is 29.8. The van der Waals surface area contributed by atoms with Gasteiger partial charge in [-0.25, -0.2) is 13.2 Å². The standard InChI is InChI=1S/C36H40F3N5O2/c1-4-21-7-5-8-22-13-24(45)14-25(28(21)22)29-27(38)15-26-31(30(29)39)40-33(46-20-36-9-6-12-44(36)17-23(37)16-36)41-32(26)43-18-34(2)10-11-35(3,19-43)42-34/h5,7-8,13-15,23,42,45H,4,6,9-12,16-20H2,1-3H3. The highest BCUT2D eigenvalue weighted by Crippen LogP contribution is 2.44. The van der Waals surface area contributed by atoms with Crippen LogP contribution in [0.25, 0.3) is 32.8 Å². The molecule has 4 fully saturated rings. The van der Waals surface area contributed by atoms with E-state index in [0.717, 1.165) is 37.8 Å². The number of aromatic nitrogens is 2. The topological polar surface area (TPSA) is 73.8 Å². The average Bonchev–Trinajstić information content (AvgIpc) is 3.61. The number of nitrogens with one attached hydrogen (secondary N) is 1. The second-order valence-corrected chi connectivity index (χ2v) is 14.6. The second kappa shape index (κ2) is 10.4. The van der Waals surface area contributed by atoms with Gasteiger partial charge in [0.2, 0.25) is 0 Å². The van der Waals surface area contributed by atoms with E-state index in [0.29, 0.717) is 49.1 Å². The number of hydrogen-bond acceptors (Lipinski definition) is 7. The molecular formula is C36H40F3N5O2. The van der Waals surface area contributed by atoms with Crippen molar-refractivity contribution in [1.82, 2.24) is 20.2 Å². The smallest absolute Gasteiger partial charge is 0.319 e. The molecule has 0 radical (unpaired) electrons. The molecule has 4 aliphatic rings. The normalized spacial score (nSPS) is 29.3. The lowest BCUT2D eigenvalue weighted by Gasteiger charge is -2.45. The first-order chi connectivity index (χ1) is 22.0. The monoisotopic (exact) mass is 631 g/mol. The number of ether oxygens (including phenoxy) is 1. The van der Waals surface area contributed by atoms with Gasteiger partial charge in [0.05, 0.1) is 11.1 Å². The summed E-state index contributed by atoms with van der Waals surface area (Å²) in [6, 6.07) is 10.00. The third-order valence-electron chi connectivity index (χ3n) is 11.0. The zero-order chi connectivity index (χ0) is 32.0. The summed E-state index contributed by atoms with van der Waals surface area (Å²) < 4.78 is 54.2. The van der Waals surface area contributed by atoms with Gasteiger partial charge in [-0.1, -0.05) is 25.1 Å². The molecule has 0 amide bonds. The van der Waals surface area contributed by atoms with Gasteiger partial charge in [0.1, 0.15) is 35.7 Å². The van der Waals surface area contributed by atoms with Crippen LogP contribution >= 0.6 is 0 Å². The Morgan fingerprint density at radius 3 is 2.61 bits per heavy atom. The molecule has 2 N–H and O–H groups in total. The van der Waals surface area contributed by atoms with Crippen LogP contribution < -0.4 is 15.0 Å². The fourth-order valence-corrected chi connectivity index (χ4v) is 9.03. The Bertz CT molecular complexity index is 1870. The number of aromatic hydroxyl groups is 1. The van der Waals surface area contributed by atoms with Crippen molar-refractivity contribution in [3.8, 4) is 22.9 Å². The fraction of sp³-hybridized carbons (Fsp3) is 0.500. The molecule has 4 saturated heterocycles. The summed E-state index contributed by atoms with van der Waals surface area (Å²) in [7, 11) is 0. The van der Waals surface area contributed by atoms with Gasteiger partial charge in [0.15, 0.2) is 5.82 Å². The zero-order valence-electron chi connectivity index (χ0n) is 26.6. The van der Waals surface area contributed by atoms with Crippen molar-refractivity contribution in [1.29, 1.82) is 0 Å². The summed E-state index contributed by atoms with van der Waals surface area (Å²) in [5, 5.41) is 16.0. The summed E-state index contributed by atoms with van der Waals surface area (Å²) in [5.41, 5.74) is 0.105. The van der Waals surface area contributed by atoms with Crippen molar-refractivity contribution in [2.24, 2.45) is 0 Å². The van der Waals surface area contributed by atoms with E-state index in [-0.39, 0.29) is 51.5 Å². The van der Waals surface area contributed by atoms with Crippen LogP contribution in [0.4, 0.5) is 19.0 Å². The Hall–Kier alpha value is -3.63. The molecule has 10 heteroatoms. The molecule has 4 aliphatic heterocycles. The largest absolute Gasteiger partial charge is 0.508 e. The number of piperazine rings is 1. The van der Waals surface area contributed by atoms with Crippen molar-refractivity contribution < 1.29 is 23.0 Å². The van der Waals surface area contributed by atoms with E-state index in [9.17, 15) is 9.50 Å². The van der Waals surface area contributed by atoms with E-state index in [1.807, 2.05) is 25.1 Å². The van der Waals surface area contributed by atoms with Crippen molar-refractivity contribution in [2.75, 3.05) is 37.7 Å². The van der Waals surface area contributed by atoms with Gasteiger partial charge in [-0.2, -0.15) is 9.97 Å². The lowest BCUT2D eigenvalue weighted by molar-refractivity contribution is 0.107. The number of halogens is 3. The summed E-state index contributed by atoms with van der Waals surface area (Å²) in [6.45, 7) is 8.95. The minimum atomic E-state index is -0.914. The zero-order valence-corrected chi connectivity index (χ0v) is 26.6. The molecule has 2 bridgehead atoms. The van der Waals surface area contributed by atoms with Crippen LogP contribution in [0.5, 0.6) is 11.8 Å². The highest BCUT2D eigenvalue weighted by Gasteiger charge is 2.50. The first-order valence-corrected chi connectivity index (χ1v) is 16.5. The fourth-order valence-electron chi connectivity index (χ4n) is 9.03. The van der Waals surface area contributed by atoms with Crippen molar-refractivity contribution in [3.05, 3.63) is 53.6 Å². The molecule has 0 spiro atoms.